The number of methoxy groups -OCH3 is 1. The average Bonchev–Trinajstić information content (AvgIpc) is 2.77. The van der Waals surface area contributed by atoms with Gasteiger partial charge in [-0.05, 0) is 12.1 Å². The molecule has 5 heteroatoms. The zero-order chi connectivity index (χ0) is 13.0. The van der Waals surface area contributed by atoms with Crippen molar-refractivity contribution >= 4 is 16.9 Å². The van der Waals surface area contributed by atoms with Crippen LogP contribution in [0.1, 0.15) is 5.76 Å². The average molecular weight is 247 g/mol. The lowest BCUT2D eigenvalue weighted by atomic mass is 10.2. The van der Waals surface area contributed by atoms with E-state index < -0.39 is 0 Å². The van der Waals surface area contributed by atoms with Crippen LogP contribution in [0.3, 0.4) is 0 Å². The fourth-order valence-corrected chi connectivity index (χ4v) is 1.86. The first-order valence-corrected chi connectivity index (χ1v) is 5.73. The van der Waals surface area contributed by atoms with Crippen LogP contribution in [0, 0.1) is 0 Å². The molecule has 18 heavy (non-hydrogen) atoms. The molecule has 0 atom stereocenters. The van der Waals surface area contributed by atoms with E-state index in [-0.39, 0.29) is 0 Å². The van der Waals surface area contributed by atoms with Crippen molar-refractivity contribution in [2.45, 2.75) is 6.54 Å². The first-order chi connectivity index (χ1) is 8.80. The number of guanidine groups is 1. The number of nitrogens with one attached hydrogen (secondary N) is 2. The van der Waals surface area contributed by atoms with E-state index in [1.807, 2.05) is 31.3 Å². The molecule has 0 radical (unpaired) electrons. The number of benzene rings is 1. The van der Waals surface area contributed by atoms with Crippen molar-refractivity contribution in [1.82, 2.24) is 10.6 Å². The van der Waals surface area contributed by atoms with Gasteiger partial charge in [0.05, 0.1) is 19.0 Å². The van der Waals surface area contributed by atoms with E-state index in [4.69, 9.17) is 9.15 Å². The molecule has 2 N–H and O–H groups in total. The van der Waals surface area contributed by atoms with Gasteiger partial charge in [-0.15, -0.1) is 0 Å². The van der Waals surface area contributed by atoms with Crippen molar-refractivity contribution in [2.24, 2.45) is 4.99 Å². The van der Waals surface area contributed by atoms with Gasteiger partial charge >= 0.3 is 0 Å². The van der Waals surface area contributed by atoms with Crippen LogP contribution < -0.4 is 15.4 Å². The lowest BCUT2D eigenvalue weighted by molar-refractivity contribution is 0.394. The van der Waals surface area contributed by atoms with Gasteiger partial charge in [-0.1, -0.05) is 12.1 Å². The second kappa shape index (κ2) is 5.44. The molecule has 1 aromatic heterocycles. The van der Waals surface area contributed by atoms with E-state index in [2.05, 4.69) is 15.6 Å². The predicted molar refractivity (Wildman–Crippen MR) is 72.0 cm³/mol. The molecule has 0 bridgehead atoms. The van der Waals surface area contributed by atoms with Gasteiger partial charge in [0.25, 0.3) is 0 Å². The smallest absolute Gasteiger partial charge is 0.191 e. The van der Waals surface area contributed by atoms with E-state index in [9.17, 15) is 0 Å². The van der Waals surface area contributed by atoms with Crippen molar-refractivity contribution in [3.63, 3.8) is 0 Å². The summed E-state index contributed by atoms with van der Waals surface area (Å²) in [5.74, 6) is 2.23. The molecule has 5 nitrogen and oxygen atoms in total. The van der Waals surface area contributed by atoms with E-state index in [1.54, 1.807) is 14.2 Å². The maximum absolute atomic E-state index is 5.76. The summed E-state index contributed by atoms with van der Waals surface area (Å²) in [6.45, 7) is 0.519. The monoisotopic (exact) mass is 247 g/mol. The van der Waals surface area contributed by atoms with Gasteiger partial charge in [-0.2, -0.15) is 0 Å². The summed E-state index contributed by atoms with van der Waals surface area (Å²) in [7, 11) is 5.17. The number of furan rings is 1. The molecule has 1 heterocycles. The molecule has 0 spiro atoms. The molecule has 0 fully saturated rings. The Bertz CT molecular complexity index is 560. The van der Waals surface area contributed by atoms with E-state index in [1.165, 1.54) is 0 Å². The molecule has 1 aromatic carbocycles. The Hall–Kier alpha value is -2.17. The SMILES string of the molecule is CN=C(NC)NCc1oc2ccccc2c1OC. The van der Waals surface area contributed by atoms with Crippen LogP contribution in [0.25, 0.3) is 11.0 Å². The third kappa shape index (κ3) is 2.25. The van der Waals surface area contributed by atoms with E-state index >= 15 is 0 Å². The van der Waals surface area contributed by atoms with Crippen LogP contribution >= 0.6 is 0 Å². The van der Waals surface area contributed by atoms with Gasteiger partial charge in [-0.3, -0.25) is 4.99 Å². The van der Waals surface area contributed by atoms with Crippen molar-refractivity contribution in [1.29, 1.82) is 0 Å². The second-order valence-electron chi connectivity index (χ2n) is 3.73. The summed E-state index contributed by atoms with van der Waals surface area (Å²) >= 11 is 0. The number of ether oxygens (including phenoxy) is 1. The van der Waals surface area contributed by atoms with Gasteiger partial charge in [0, 0.05) is 14.1 Å². The van der Waals surface area contributed by atoms with Crippen molar-refractivity contribution in [3.8, 4) is 5.75 Å². The normalized spacial score (nSPS) is 11.6. The second-order valence-corrected chi connectivity index (χ2v) is 3.73. The van der Waals surface area contributed by atoms with Gasteiger partial charge < -0.3 is 19.8 Å². The number of rotatable bonds is 3. The Kier molecular flexibility index (Phi) is 3.72. The van der Waals surface area contributed by atoms with Crippen LogP contribution in [0.15, 0.2) is 33.7 Å². The number of hydrogen-bond donors (Lipinski definition) is 2. The largest absolute Gasteiger partial charge is 0.492 e. The summed E-state index contributed by atoms with van der Waals surface area (Å²) in [5.41, 5.74) is 0.825. The molecule has 0 saturated carbocycles. The highest BCUT2D eigenvalue weighted by Crippen LogP contribution is 2.32. The highest BCUT2D eigenvalue weighted by molar-refractivity contribution is 5.86. The molecular formula is C13H17N3O2. The fraction of sp³-hybridized carbons (Fsp3) is 0.308. The molecular weight excluding hydrogens is 230 g/mol. The molecule has 0 unspecified atom stereocenters. The third-order valence-electron chi connectivity index (χ3n) is 2.70. The van der Waals surface area contributed by atoms with Crippen LogP contribution in [-0.4, -0.2) is 27.2 Å². The number of para-hydroxylation sites is 1. The number of aliphatic imine (C=N–C) groups is 1. The standard InChI is InChI=1S/C13H17N3O2/c1-14-13(15-2)16-8-11-12(17-3)9-6-4-5-7-10(9)18-11/h4-7H,8H2,1-3H3,(H2,14,15,16). The maximum Gasteiger partial charge on any atom is 0.191 e. The molecule has 0 aliphatic heterocycles. The number of hydrogen-bond acceptors (Lipinski definition) is 3. The summed E-state index contributed by atoms with van der Waals surface area (Å²) in [6.07, 6.45) is 0. The first-order valence-electron chi connectivity index (χ1n) is 5.73. The highest BCUT2D eigenvalue weighted by atomic mass is 16.5. The van der Waals surface area contributed by atoms with E-state index in [0.29, 0.717) is 12.5 Å². The van der Waals surface area contributed by atoms with Crippen LogP contribution in [0.5, 0.6) is 5.75 Å². The zero-order valence-electron chi connectivity index (χ0n) is 10.8. The Labute approximate surface area is 106 Å². The van der Waals surface area contributed by atoms with Gasteiger partial charge in [-0.25, -0.2) is 0 Å². The quantitative estimate of drug-likeness (QED) is 0.640. The van der Waals surface area contributed by atoms with Crippen molar-refractivity contribution < 1.29 is 9.15 Å². The van der Waals surface area contributed by atoms with Crippen LogP contribution in [0.2, 0.25) is 0 Å². The summed E-state index contributed by atoms with van der Waals surface area (Å²) in [4.78, 5) is 4.04. The minimum atomic E-state index is 0.519. The van der Waals surface area contributed by atoms with Gasteiger partial charge in [0.2, 0.25) is 0 Å². The maximum atomic E-state index is 5.76. The number of fused-ring (bicyclic) bond motifs is 1. The lowest BCUT2D eigenvalue weighted by Gasteiger charge is -2.07. The molecule has 96 valence electrons. The Morgan fingerprint density at radius 2 is 2.17 bits per heavy atom. The lowest BCUT2D eigenvalue weighted by Crippen LogP contribution is -2.34. The molecule has 0 amide bonds. The molecule has 2 aromatic rings. The minimum absolute atomic E-state index is 0.519. The highest BCUT2D eigenvalue weighted by Gasteiger charge is 2.14. The van der Waals surface area contributed by atoms with Crippen LogP contribution in [0.4, 0.5) is 0 Å². The third-order valence-corrected chi connectivity index (χ3v) is 2.70. The summed E-state index contributed by atoms with van der Waals surface area (Å²) in [6, 6.07) is 7.81. The topological polar surface area (TPSA) is 58.8 Å². The Balaban J connectivity index is 2.27. The number of nitrogens with zero attached hydrogens (tertiary/aromatic N) is 1. The van der Waals surface area contributed by atoms with Crippen molar-refractivity contribution in [2.75, 3.05) is 21.2 Å². The molecule has 0 aliphatic rings. The molecule has 0 saturated heterocycles. The summed E-state index contributed by atoms with van der Waals surface area (Å²) in [5, 5.41) is 7.07. The zero-order valence-corrected chi connectivity index (χ0v) is 10.8. The van der Waals surface area contributed by atoms with E-state index in [0.717, 1.165) is 22.5 Å². The molecule has 2 rings (SSSR count). The predicted octanol–water partition coefficient (Wildman–Crippen LogP) is 1.74. The fourth-order valence-electron chi connectivity index (χ4n) is 1.86. The van der Waals surface area contributed by atoms with Gasteiger partial charge in [0.1, 0.15) is 5.58 Å². The van der Waals surface area contributed by atoms with Gasteiger partial charge in [0.15, 0.2) is 17.5 Å². The molecule has 0 aliphatic carbocycles. The van der Waals surface area contributed by atoms with Crippen LogP contribution in [-0.2, 0) is 6.54 Å². The van der Waals surface area contributed by atoms with Crippen molar-refractivity contribution in [3.05, 3.63) is 30.0 Å². The Morgan fingerprint density at radius 1 is 1.39 bits per heavy atom. The summed E-state index contributed by atoms with van der Waals surface area (Å²) < 4.78 is 11.2. The first kappa shape index (κ1) is 12.3. The Morgan fingerprint density at radius 3 is 2.83 bits per heavy atom. The minimum Gasteiger partial charge on any atom is -0.492 e.